The molecule has 178 valence electrons. The average molecular weight is 463 g/mol. The van der Waals surface area contributed by atoms with Gasteiger partial charge in [-0.3, -0.25) is 19.2 Å². The minimum absolute atomic E-state index is 0.357. The molecule has 0 spiro atoms. The summed E-state index contributed by atoms with van der Waals surface area (Å²) >= 11 is 0. The predicted octanol–water partition coefficient (Wildman–Crippen LogP) is 4.10. The van der Waals surface area contributed by atoms with Gasteiger partial charge in [0.1, 0.15) is 10.8 Å². The monoisotopic (exact) mass is 462 g/mol. The highest BCUT2D eigenvalue weighted by molar-refractivity contribution is 6.24. The van der Waals surface area contributed by atoms with E-state index in [0.29, 0.717) is 37.1 Å². The number of hydrogen-bond donors (Lipinski definition) is 0. The van der Waals surface area contributed by atoms with Crippen LogP contribution in [0.3, 0.4) is 0 Å². The number of carbonyl (C=O) groups is 4. The van der Waals surface area contributed by atoms with Gasteiger partial charge in [0.2, 0.25) is 0 Å². The minimum Gasteiger partial charge on any atom is -0.271 e. The Morgan fingerprint density at radius 1 is 0.529 bits per heavy atom. The summed E-state index contributed by atoms with van der Waals surface area (Å²) in [7, 11) is 0. The van der Waals surface area contributed by atoms with Gasteiger partial charge in [0.15, 0.2) is 0 Å². The van der Waals surface area contributed by atoms with Gasteiger partial charge in [-0.05, 0) is 49.9 Å². The van der Waals surface area contributed by atoms with Crippen LogP contribution in [0, 0.1) is 10.8 Å². The Bertz CT molecular complexity index is 985. The Morgan fingerprint density at radius 2 is 0.794 bits per heavy atom. The topological polar surface area (TPSA) is 81.2 Å². The maximum atomic E-state index is 13.5. The van der Waals surface area contributed by atoms with E-state index in [4.69, 9.17) is 0 Å². The van der Waals surface area contributed by atoms with Crippen LogP contribution >= 0.6 is 0 Å². The summed E-state index contributed by atoms with van der Waals surface area (Å²) in [5.41, 5.74) is -1.26. The number of benzene rings is 2. The highest BCUT2D eigenvalue weighted by Gasteiger charge is 2.66. The first-order valence-corrected chi connectivity index (χ1v) is 11.8. The molecule has 0 saturated carbocycles. The molecule has 2 aliphatic heterocycles. The molecule has 2 aromatic rings. The van der Waals surface area contributed by atoms with Gasteiger partial charge in [-0.2, -0.15) is 20.3 Å². The molecule has 2 aliphatic rings. The van der Waals surface area contributed by atoms with E-state index >= 15 is 0 Å². The van der Waals surface area contributed by atoms with Gasteiger partial charge in [0.05, 0.1) is 11.4 Å². The van der Waals surface area contributed by atoms with Crippen molar-refractivity contribution in [2.75, 3.05) is 10.2 Å². The number of nitrogens with zero attached hydrogens (tertiary/aromatic N) is 4. The van der Waals surface area contributed by atoms with Crippen molar-refractivity contribution in [3.8, 4) is 0 Å². The molecule has 8 nitrogen and oxygen atoms in total. The third kappa shape index (κ3) is 2.97. The SMILES string of the molecule is CCC1(CC)C(=O)N(N(c2ccccc2)N(c2ccccc2)N2C(=O)C(CC)(CC)C2=O)C1=O. The first kappa shape index (κ1) is 23.5. The lowest BCUT2D eigenvalue weighted by Crippen LogP contribution is -2.80. The smallest absolute Gasteiger partial charge is 0.265 e. The third-order valence-corrected chi connectivity index (χ3v) is 7.35. The van der Waals surface area contributed by atoms with Crippen LogP contribution in [0.15, 0.2) is 60.7 Å². The number of amides is 4. The fourth-order valence-electron chi connectivity index (χ4n) is 4.87. The number of rotatable bonds is 9. The summed E-state index contributed by atoms with van der Waals surface area (Å²) in [6.45, 7) is 7.27. The maximum Gasteiger partial charge on any atom is 0.265 e. The van der Waals surface area contributed by atoms with Crippen molar-refractivity contribution in [1.82, 2.24) is 10.0 Å². The standard InChI is InChI=1S/C26H30N4O4/c1-5-25(6-2)21(31)27(22(25)32)29(19-15-11-9-12-16-19)30(20-17-13-10-14-18-20)28-23(33)26(7-3,8-4)24(28)34/h9-18H,5-8H2,1-4H3. The highest BCUT2D eigenvalue weighted by atomic mass is 16.3. The van der Waals surface area contributed by atoms with Crippen LogP contribution in [-0.2, 0) is 19.2 Å². The van der Waals surface area contributed by atoms with Crippen LogP contribution in [-0.4, -0.2) is 33.6 Å². The molecule has 4 rings (SSSR count). The molecule has 0 bridgehead atoms. The number of anilines is 2. The lowest BCUT2D eigenvalue weighted by molar-refractivity contribution is -0.187. The maximum absolute atomic E-state index is 13.5. The zero-order valence-electron chi connectivity index (χ0n) is 20.0. The van der Waals surface area contributed by atoms with E-state index in [1.807, 2.05) is 39.8 Å². The molecular formula is C26H30N4O4. The van der Waals surface area contributed by atoms with Crippen molar-refractivity contribution in [1.29, 1.82) is 0 Å². The Balaban J connectivity index is 1.88. The zero-order chi connectivity index (χ0) is 24.7. The van der Waals surface area contributed by atoms with E-state index in [1.54, 1.807) is 48.5 Å². The highest BCUT2D eigenvalue weighted by Crippen LogP contribution is 2.47. The van der Waals surface area contributed by atoms with Crippen molar-refractivity contribution in [3.63, 3.8) is 0 Å². The first-order chi connectivity index (χ1) is 16.3. The van der Waals surface area contributed by atoms with Crippen LogP contribution in [0.4, 0.5) is 11.4 Å². The summed E-state index contributed by atoms with van der Waals surface area (Å²) in [6.07, 6.45) is 1.51. The Labute approximate surface area is 199 Å². The summed E-state index contributed by atoms with van der Waals surface area (Å²) in [4.78, 5) is 53.9. The Morgan fingerprint density at radius 3 is 1.03 bits per heavy atom. The molecule has 2 aromatic carbocycles. The van der Waals surface area contributed by atoms with Crippen LogP contribution in [0.5, 0.6) is 0 Å². The fourth-order valence-corrected chi connectivity index (χ4v) is 4.87. The van der Waals surface area contributed by atoms with E-state index in [1.165, 1.54) is 10.2 Å². The molecule has 0 radical (unpaired) electrons. The van der Waals surface area contributed by atoms with E-state index in [-0.39, 0.29) is 23.6 Å². The lowest BCUT2D eigenvalue weighted by atomic mass is 9.74. The van der Waals surface area contributed by atoms with Crippen LogP contribution in [0.25, 0.3) is 0 Å². The summed E-state index contributed by atoms with van der Waals surface area (Å²) in [6, 6.07) is 17.7. The molecule has 8 heteroatoms. The molecule has 0 atom stereocenters. The normalized spacial score (nSPS) is 18.5. The van der Waals surface area contributed by atoms with Gasteiger partial charge < -0.3 is 0 Å². The molecule has 0 aromatic heterocycles. The molecule has 34 heavy (non-hydrogen) atoms. The van der Waals surface area contributed by atoms with Gasteiger partial charge in [0, 0.05) is 0 Å². The molecule has 4 amide bonds. The molecule has 0 N–H and O–H groups in total. The second-order valence-electron chi connectivity index (χ2n) is 8.67. The summed E-state index contributed by atoms with van der Waals surface area (Å²) < 4.78 is 0. The number of para-hydroxylation sites is 2. The molecular weight excluding hydrogens is 432 g/mol. The number of carbonyl (C=O) groups excluding carboxylic acids is 4. The predicted molar refractivity (Wildman–Crippen MR) is 128 cm³/mol. The number of hydrazine groups is 3. The number of β-lactam (4-membered cyclic amide) rings is 4. The lowest BCUT2D eigenvalue weighted by Gasteiger charge is -2.57. The van der Waals surface area contributed by atoms with Crippen LogP contribution < -0.4 is 10.2 Å². The third-order valence-electron chi connectivity index (χ3n) is 7.35. The van der Waals surface area contributed by atoms with Crippen molar-refractivity contribution in [3.05, 3.63) is 60.7 Å². The summed E-state index contributed by atoms with van der Waals surface area (Å²) in [5, 5.41) is 4.81. The van der Waals surface area contributed by atoms with E-state index < -0.39 is 10.8 Å². The fraction of sp³-hybridized carbons (Fsp3) is 0.385. The Hall–Kier alpha value is -3.68. The molecule has 0 aliphatic carbocycles. The van der Waals surface area contributed by atoms with Gasteiger partial charge in [0.25, 0.3) is 23.6 Å². The van der Waals surface area contributed by atoms with Crippen molar-refractivity contribution >= 4 is 35.0 Å². The quantitative estimate of drug-likeness (QED) is 0.317. The van der Waals surface area contributed by atoms with Gasteiger partial charge in [-0.15, -0.1) is 0 Å². The first-order valence-electron chi connectivity index (χ1n) is 11.8. The van der Waals surface area contributed by atoms with Crippen LogP contribution in [0.1, 0.15) is 53.4 Å². The van der Waals surface area contributed by atoms with Crippen molar-refractivity contribution in [2.24, 2.45) is 10.8 Å². The molecule has 2 fully saturated rings. The Kier molecular flexibility index (Phi) is 5.93. The zero-order valence-corrected chi connectivity index (χ0v) is 20.0. The second-order valence-corrected chi connectivity index (χ2v) is 8.67. The van der Waals surface area contributed by atoms with E-state index in [9.17, 15) is 19.2 Å². The number of hydrogen-bond acceptors (Lipinski definition) is 6. The van der Waals surface area contributed by atoms with Crippen molar-refractivity contribution < 1.29 is 19.2 Å². The van der Waals surface area contributed by atoms with Gasteiger partial charge in [-0.1, -0.05) is 64.1 Å². The van der Waals surface area contributed by atoms with Gasteiger partial charge >= 0.3 is 0 Å². The van der Waals surface area contributed by atoms with Crippen molar-refractivity contribution in [2.45, 2.75) is 53.4 Å². The van der Waals surface area contributed by atoms with Gasteiger partial charge in [-0.25, -0.2) is 0 Å². The second kappa shape index (κ2) is 8.59. The largest absolute Gasteiger partial charge is 0.271 e. The minimum atomic E-state index is -1.10. The number of imide groups is 2. The van der Waals surface area contributed by atoms with E-state index in [0.717, 1.165) is 10.0 Å². The molecule has 2 heterocycles. The summed E-state index contributed by atoms with van der Waals surface area (Å²) in [5.74, 6) is -1.43. The van der Waals surface area contributed by atoms with Crippen LogP contribution in [0.2, 0.25) is 0 Å². The average Bonchev–Trinajstić information content (AvgIpc) is 2.88. The molecule has 2 saturated heterocycles. The van der Waals surface area contributed by atoms with E-state index in [2.05, 4.69) is 0 Å². The molecule has 0 unspecified atom stereocenters.